The van der Waals surface area contributed by atoms with Gasteiger partial charge >= 0.3 is 0 Å². The van der Waals surface area contributed by atoms with Crippen molar-refractivity contribution >= 4 is 11.8 Å². The Morgan fingerprint density at radius 2 is 1.94 bits per heavy atom. The number of hydrogen-bond acceptors (Lipinski definition) is 5. The maximum Gasteiger partial charge on any atom is 0.275 e. The summed E-state index contributed by atoms with van der Waals surface area (Å²) in [5.41, 5.74) is 5.86. The van der Waals surface area contributed by atoms with E-state index in [1.165, 1.54) is 0 Å². The molecular formula is C27H28N4O4. The van der Waals surface area contributed by atoms with Crippen LogP contribution in [0.1, 0.15) is 57.3 Å². The smallest absolute Gasteiger partial charge is 0.275 e. The van der Waals surface area contributed by atoms with E-state index in [4.69, 9.17) is 9.47 Å². The molecule has 2 aromatic carbocycles. The van der Waals surface area contributed by atoms with E-state index in [1.807, 2.05) is 41.3 Å². The van der Waals surface area contributed by atoms with Gasteiger partial charge < -0.3 is 19.7 Å². The molecule has 0 fully saturated rings. The molecule has 0 saturated carbocycles. The molecule has 2 N–H and O–H groups in total. The first-order valence-corrected chi connectivity index (χ1v) is 12.3. The van der Waals surface area contributed by atoms with Crippen LogP contribution in [0.15, 0.2) is 42.5 Å². The summed E-state index contributed by atoms with van der Waals surface area (Å²) in [5.74, 6) is 1.21. The van der Waals surface area contributed by atoms with Crippen molar-refractivity contribution in [2.45, 2.75) is 38.1 Å². The number of aromatic amines is 1. The molecule has 0 radical (unpaired) electrons. The van der Waals surface area contributed by atoms with Crippen LogP contribution in [0, 0.1) is 0 Å². The number of rotatable bonds is 1. The zero-order valence-corrected chi connectivity index (χ0v) is 19.5. The van der Waals surface area contributed by atoms with E-state index in [2.05, 4.69) is 21.6 Å². The molecule has 3 aromatic rings. The number of benzene rings is 2. The molecule has 35 heavy (non-hydrogen) atoms. The molecule has 1 atom stereocenters. The molecule has 1 aliphatic carbocycles. The van der Waals surface area contributed by atoms with Crippen LogP contribution < -0.4 is 14.8 Å². The second kappa shape index (κ2) is 9.09. The van der Waals surface area contributed by atoms with E-state index in [9.17, 15) is 9.59 Å². The quantitative estimate of drug-likeness (QED) is 0.568. The maximum absolute atomic E-state index is 13.9. The van der Waals surface area contributed by atoms with Crippen molar-refractivity contribution in [2.24, 2.45) is 0 Å². The monoisotopic (exact) mass is 472 g/mol. The number of hydrogen-bond donors (Lipinski definition) is 2. The molecular weight excluding hydrogens is 444 g/mol. The van der Waals surface area contributed by atoms with Crippen LogP contribution in [0.3, 0.4) is 0 Å². The molecule has 6 bridgehead atoms. The molecule has 1 unspecified atom stereocenters. The van der Waals surface area contributed by atoms with Gasteiger partial charge in [0.25, 0.3) is 11.8 Å². The van der Waals surface area contributed by atoms with Crippen LogP contribution in [-0.4, -0.2) is 53.2 Å². The normalized spacial score (nSPS) is 19.5. The average Bonchev–Trinajstić information content (AvgIpc) is 3.50. The molecule has 180 valence electrons. The molecule has 8 heteroatoms. The molecule has 0 spiro atoms. The minimum absolute atomic E-state index is 0.0308. The highest BCUT2D eigenvalue weighted by molar-refractivity contribution is 5.95. The van der Waals surface area contributed by atoms with Crippen molar-refractivity contribution < 1.29 is 19.1 Å². The van der Waals surface area contributed by atoms with Gasteiger partial charge in [-0.15, -0.1) is 0 Å². The van der Waals surface area contributed by atoms with Gasteiger partial charge in [0.05, 0.1) is 12.6 Å². The zero-order chi connectivity index (χ0) is 23.8. The fourth-order valence-electron chi connectivity index (χ4n) is 5.37. The number of H-pyrrole nitrogens is 1. The number of aromatic nitrogens is 2. The summed E-state index contributed by atoms with van der Waals surface area (Å²) in [5, 5.41) is 10.4. The predicted octanol–water partition coefficient (Wildman–Crippen LogP) is 2.96. The van der Waals surface area contributed by atoms with Gasteiger partial charge in [-0.3, -0.25) is 14.7 Å². The SMILES string of the molecule is O=C1COc2ccc3c(c2)CCN(C(=O)c2n[nH]c4c2CCC4)C3c2cccc(c2)OCCCN1. The van der Waals surface area contributed by atoms with Gasteiger partial charge in [0.2, 0.25) is 0 Å². The average molecular weight is 473 g/mol. The first-order valence-electron chi connectivity index (χ1n) is 12.3. The van der Waals surface area contributed by atoms with E-state index >= 15 is 0 Å². The third-order valence-corrected chi connectivity index (χ3v) is 7.07. The van der Waals surface area contributed by atoms with Gasteiger partial charge in [0.1, 0.15) is 11.5 Å². The summed E-state index contributed by atoms with van der Waals surface area (Å²) in [6.45, 7) is 1.53. The summed E-state index contributed by atoms with van der Waals surface area (Å²) in [6, 6.07) is 13.6. The minimum atomic E-state index is -0.270. The number of aryl methyl sites for hydroxylation is 1. The van der Waals surface area contributed by atoms with Crippen LogP contribution in [-0.2, 0) is 24.1 Å². The summed E-state index contributed by atoms with van der Waals surface area (Å²) in [4.78, 5) is 27.9. The Morgan fingerprint density at radius 1 is 1.03 bits per heavy atom. The lowest BCUT2D eigenvalue weighted by molar-refractivity contribution is -0.123. The number of fused-ring (bicyclic) bond motifs is 9. The number of ether oxygens (including phenoxy) is 2. The van der Waals surface area contributed by atoms with Crippen LogP contribution in [0.25, 0.3) is 0 Å². The van der Waals surface area contributed by atoms with Gasteiger partial charge in [-0.05, 0) is 73.1 Å². The number of amides is 2. The van der Waals surface area contributed by atoms with E-state index in [0.29, 0.717) is 44.0 Å². The number of nitrogens with zero attached hydrogens (tertiary/aromatic N) is 2. The van der Waals surface area contributed by atoms with Crippen LogP contribution in [0.4, 0.5) is 0 Å². The van der Waals surface area contributed by atoms with E-state index in [-0.39, 0.29) is 24.5 Å². The molecule has 7 rings (SSSR count). The molecule has 1 aromatic heterocycles. The summed E-state index contributed by atoms with van der Waals surface area (Å²) in [7, 11) is 0. The molecule has 0 saturated heterocycles. The van der Waals surface area contributed by atoms with Crippen molar-refractivity contribution in [3.8, 4) is 11.5 Å². The third kappa shape index (κ3) is 4.13. The highest BCUT2D eigenvalue weighted by Gasteiger charge is 2.36. The van der Waals surface area contributed by atoms with E-state index in [0.717, 1.165) is 53.0 Å². The van der Waals surface area contributed by atoms with Crippen molar-refractivity contribution in [1.29, 1.82) is 0 Å². The van der Waals surface area contributed by atoms with Gasteiger partial charge in [-0.1, -0.05) is 18.2 Å². The van der Waals surface area contributed by atoms with Crippen molar-refractivity contribution in [1.82, 2.24) is 20.4 Å². The Bertz CT molecular complexity index is 1280. The van der Waals surface area contributed by atoms with Gasteiger partial charge in [0.15, 0.2) is 12.3 Å². The molecule has 3 aliphatic heterocycles. The molecule has 8 nitrogen and oxygen atoms in total. The minimum Gasteiger partial charge on any atom is -0.494 e. The lowest BCUT2D eigenvalue weighted by Gasteiger charge is -2.38. The molecule has 2 amide bonds. The van der Waals surface area contributed by atoms with Crippen LogP contribution in [0.5, 0.6) is 11.5 Å². The van der Waals surface area contributed by atoms with Gasteiger partial charge in [-0.25, -0.2) is 0 Å². The van der Waals surface area contributed by atoms with Crippen LogP contribution >= 0.6 is 0 Å². The fourth-order valence-corrected chi connectivity index (χ4v) is 5.37. The zero-order valence-electron chi connectivity index (χ0n) is 19.5. The second-order valence-corrected chi connectivity index (χ2v) is 9.31. The largest absolute Gasteiger partial charge is 0.494 e. The Kier molecular flexibility index (Phi) is 5.64. The number of nitrogens with one attached hydrogen (secondary N) is 2. The van der Waals surface area contributed by atoms with Crippen molar-refractivity contribution in [3.63, 3.8) is 0 Å². The summed E-state index contributed by atoms with van der Waals surface area (Å²) >= 11 is 0. The first kappa shape index (κ1) is 21.7. The van der Waals surface area contributed by atoms with Gasteiger partial charge in [0, 0.05) is 24.3 Å². The predicted molar refractivity (Wildman–Crippen MR) is 129 cm³/mol. The third-order valence-electron chi connectivity index (χ3n) is 7.07. The van der Waals surface area contributed by atoms with Crippen LogP contribution in [0.2, 0.25) is 0 Å². The lowest BCUT2D eigenvalue weighted by Crippen LogP contribution is -2.41. The molecule has 4 aliphatic rings. The Balaban J connectivity index is 1.42. The summed E-state index contributed by atoms with van der Waals surface area (Å²) < 4.78 is 11.7. The first-order chi connectivity index (χ1) is 17.2. The number of carbonyl (C=O) groups excluding carboxylic acids is 2. The standard InChI is InChI=1S/C27H28N4O4/c32-24-16-35-20-8-9-21-17(14-20)10-12-31(27(33)25-22-6-2-7-23(22)29-30-25)26(21)18-4-1-5-19(15-18)34-13-3-11-28-24/h1,4-5,8-9,14-15,26H,2-3,6-7,10-13,16H2,(H,28,32)(H,29,30). The Morgan fingerprint density at radius 3 is 2.89 bits per heavy atom. The van der Waals surface area contributed by atoms with Crippen molar-refractivity contribution in [3.05, 3.63) is 76.1 Å². The topological polar surface area (TPSA) is 96.5 Å². The highest BCUT2D eigenvalue weighted by atomic mass is 16.5. The lowest BCUT2D eigenvalue weighted by atomic mass is 9.87. The molecule has 4 heterocycles. The Labute approximate surface area is 203 Å². The van der Waals surface area contributed by atoms with Gasteiger partial charge in [-0.2, -0.15) is 5.10 Å². The summed E-state index contributed by atoms with van der Waals surface area (Å²) in [6.07, 6.45) is 4.27. The van der Waals surface area contributed by atoms with E-state index in [1.54, 1.807) is 0 Å². The number of carbonyl (C=O) groups is 2. The second-order valence-electron chi connectivity index (χ2n) is 9.31. The van der Waals surface area contributed by atoms with E-state index < -0.39 is 0 Å². The Hall–Kier alpha value is -3.81. The fraction of sp³-hybridized carbons (Fsp3) is 0.370. The van der Waals surface area contributed by atoms with Crippen molar-refractivity contribution in [2.75, 3.05) is 26.3 Å². The highest BCUT2D eigenvalue weighted by Crippen LogP contribution is 2.39. The maximum atomic E-state index is 13.9.